The molecule has 1 aromatic rings. The molecule has 4 unspecified atom stereocenters. The van der Waals surface area contributed by atoms with Crippen LogP contribution in [0.15, 0.2) is 22.7 Å². The van der Waals surface area contributed by atoms with Crippen LogP contribution in [0.4, 0.5) is 0 Å². The Morgan fingerprint density at radius 3 is 2.68 bits per heavy atom. The van der Waals surface area contributed by atoms with E-state index < -0.39 is 0 Å². The molecule has 0 heterocycles. The lowest BCUT2D eigenvalue weighted by molar-refractivity contribution is 0.171. The quantitative estimate of drug-likeness (QED) is 0.616. The van der Waals surface area contributed by atoms with Gasteiger partial charge in [-0.2, -0.15) is 0 Å². The van der Waals surface area contributed by atoms with E-state index in [9.17, 15) is 0 Å². The van der Waals surface area contributed by atoms with Crippen molar-refractivity contribution in [2.75, 3.05) is 0 Å². The lowest BCUT2D eigenvalue weighted by Gasteiger charge is -2.37. The Morgan fingerprint density at radius 1 is 1.32 bits per heavy atom. The summed E-state index contributed by atoms with van der Waals surface area (Å²) < 4.78 is 1.08. The number of hydrazine groups is 1. The Hall–Kier alpha value is -0.0900. The van der Waals surface area contributed by atoms with Gasteiger partial charge in [-0.3, -0.25) is 11.3 Å². The fourth-order valence-electron chi connectivity index (χ4n) is 3.12. The summed E-state index contributed by atoms with van der Waals surface area (Å²) in [5, 5.41) is 0.760. The second-order valence-corrected chi connectivity index (χ2v) is 7.13. The fourth-order valence-corrected chi connectivity index (χ4v) is 3.80. The summed E-state index contributed by atoms with van der Waals surface area (Å²) in [4.78, 5) is 0. The molecule has 0 amide bonds. The number of hydrogen-bond acceptors (Lipinski definition) is 2. The van der Waals surface area contributed by atoms with Crippen LogP contribution in [0.3, 0.4) is 0 Å². The zero-order chi connectivity index (χ0) is 14.0. The summed E-state index contributed by atoms with van der Waals surface area (Å²) in [6.07, 6.45) is 3.72. The van der Waals surface area contributed by atoms with E-state index in [0.717, 1.165) is 21.3 Å². The smallest absolute Gasteiger partial charge is 0.0499 e. The van der Waals surface area contributed by atoms with Crippen LogP contribution in [-0.4, -0.2) is 0 Å². The number of halogens is 2. The number of rotatable bonds is 3. The molecule has 1 aliphatic rings. The second-order valence-electron chi connectivity index (χ2n) is 5.84. The van der Waals surface area contributed by atoms with E-state index in [2.05, 4.69) is 35.2 Å². The molecule has 0 spiro atoms. The van der Waals surface area contributed by atoms with E-state index in [4.69, 9.17) is 17.4 Å². The molecule has 0 saturated heterocycles. The summed E-state index contributed by atoms with van der Waals surface area (Å²) in [6, 6.07) is 6.08. The maximum atomic E-state index is 6.12. The zero-order valence-electron chi connectivity index (χ0n) is 11.5. The second kappa shape index (κ2) is 6.57. The topological polar surface area (TPSA) is 38.0 Å². The number of hydrogen-bond donors (Lipinski definition) is 2. The molecule has 106 valence electrons. The van der Waals surface area contributed by atoms with Crippen molar-refractivity contribution in [2.24, 2.45) is 23.6 Å². The van der Waals surface area contributed by atoms with Crippen molar-refractivity contribution < 1.29 is 0 Å². The van der Waals surface area contributed by atoms with Gasteiger partial charge in [0.15, 0.2) is 0 Å². The zero-order valence-corrected chi connectivity index (χ0v) is 13.8. The summed E-state index contributed by atoms with van der Waals surface area (Å²) in [5.41, 5.74) is 4.17. The lowest BCUT2D eigenvalue weighted by atomic mass is 9.72. The number of nitrogens with one attached hydrogen (secondary N) is 1. The van der Waals surface area contributed by atoms with E-state index in [1.165, 1.54) is 24.8 Å². The van der Waals surface area contributed by atoms with E-state index >= 15 is 0 Å². The molecule has 0 aromatic heterocycles. The third kappa shape index (κ3) is 3.52. The van der Waals surface area contributed by atoms with Crippen LogP contribution in [0.25, 0.3) is 0 Å². The van der Waals surface area contributed by atoms with Crippen LogP contribution in [-0.2, 0) is 0 Å². The van der Waals surface area contributed by atoms with Gasteiger partial charge in [0.1, 0.15) is 0 Å². The van der Waals surface area contributed by atoms with Crippen molar-refractivity contribution in [2.45, 2.75) is 39.2 Å². The van der Waals surface area contributed by atoms with Crippen LogP contribution in [0.1, 0.15) is 44.7 Å². The first kappa shape index (κ1) is 15.3. The highest BCUT2D eigenvalue weighted by atomic mass is 79.9. The molecule has 2 nitrogen and oxygen atoms in total. The average molecular weight is 346 g/mol. The van der Waals surface area contributed by atoms with Crippen LogP contribution in [0, 0.1) is 17.8 Å². The summed E-state index contributed by atoms with van der Waals surface area (Å²) in [7, 11) is 0. The Balaban J connectivity index is 2.22. The van der Waals surface area contributed by atoms with Crippen molar-refractivity contribution in [3.63, 3.8) is 0 Å². The average Bonchev–Trinajstić information content (AvgIpc) is 2.38. The van der Waals surface area contributed by atoms with Crippen molar-refractivity contribution in [3.05, 3.63) is 33.3 Å². The lowest BCUT2D eigenvalue weighted by Crippen LogP contribution is -2.37. The van der Waals surface area contributed by atoms with Crippen LogP contribution < -0.4 is 11.3 Å². The van der Waals surface area contributed by atoms with Crippen LogP contribution in [0.2, 0.25) is 5.02 Å². The molecule has 4 atom stereocenters. The van der Waals surface area contributed by atoms with Gasteiger partial charge in [-0.1, -0.05) is 47.8 Å². The minimum absolute atomic E-state index is 0.169. The van der Waals surface area contributed by atoms with Crippen LogP contribution >= 0.6 is 27.5 Å². The van der Waals surface area contributed by atoms with Gasteiger partial charge in [0.25, 0.3) is 0 Å². The molecule has 2 rings (SSSR count). The van der Waals surface area contributed by atoms with Gasteiger partial charge in [-0.15, -0.1) is 0 Å². The third-order valence-electron chi connectivity index (χ3n) is 4.58. The van der Waals surface area contributed by atoms with Gasteiger partial charge in [0.2, 0.25) is 0 Å². The first-order valence-electron chi connectivity index (χ1n) is 6.94. The third-order valence-corrected chi connectivity index (χ3v) is 5.54. The van der Waals surface area contributed by atoms with Crippen molar-refractivity contribution in [1.29, 1.82) is 0 Å². The largest absolute Gasteiger partial charge is 0.271 e. The number of nitrogens with two attached hydrogens (primary N) is 1. The van der Waals surface area contributed by atoms with Gasteiger partial charge in [-0.05, 0) is 54.4 Å². The fraction of sp³-hybridized carbons (Fsp3) is 0.600. The van der Waals surface area contributed by atoms with E-state index in [1.807, 2.05) is 18.2 Å². The molecule has 4 heteroatoms. The Kier molecular flexibility index (Phi) is 5.29. The molecule has 1 aliphatic carbocycles. The maximum Gasteiger partial charge on any atom is 0.0499 e. The van der Waals surface area contributed by atoms with Crippen LogP contribution in [0.5, 0.6) is 0 Å². The highest BCUT2D eigenvalue weighted by molar-refractivity contribution is 9.10. The highest BCUT2D eigenvalue weighted by Gasteiger charge is 2.31. The standard InChI is InChI=1S/C15H22BrClN2/c1-9-3-4-11(7-10(9)2)15(19-18)13-8-12(17)5-6-14(13)16/h5-6,8-11,15,19H,3-4,7,18H2,1-2H3. The maximum absolute atomic E-state index is 6.12. The molecule has 1 saturated carbocycles. The molecular weight excluding hydrogens is 324 g/mol. The SMILES string of the molecule is CC1CCC(C(NN)c2cc(Cl)ccc2Br)CC1C. The molecule has 19 heavy (non-hydrogen) atoms. The molecule has 3 N–H and O–H groups in total. The molecule has 1 aromatic carbocycles. The van der Waals surface area contributed by atoms with Gasteiger partial charge in [0.05, 0.1) is 0 Å². The number of benzene rings is 1. The van der Waals surface area contributed by atoms with Gasteiger partial charge in [0, 0.05) is 15.5 Å². The molecule has 0 aliphatic heterocycles. The Labute approximate surface area is 129 Å². The van der Waals surface area contributed by atoms with E-state index in [-0.39, 0.29) is 6.04 Å². The molecule has 0 bridgehead atoms. The minimum Gasteiger partial charge on any atom is -0.271 e. The predicted octanol–water partition coefficient (Wildman–Crippen LogP) is 4.68. The van der Waals surface area contributed by atoms with E-state index in [1.54, 1.807) is 0 Å². The van der Waals surface area contributed by atoms with Gasteiger partial charge < -0.3 is 0 Å². The highest BCUT2D eigenvalue weighted by Crippen LogP contribution is 2.41. The Bertz CT molecular complexity index is 438. The van der Waals surface area contributed by atoms with Gasteiger partial charge >= 0.3 is 0 Å². The van der Waals surface area contributed by atoms with Crippen molar-refractivity contribution >= 4 is 27.5 Å². The molecule has 1 fully saturated rings. The summed E-state index contributed by atoms with van der Waals surface area (Å²) in [5.74, 6) is 7.97. The first-order valence-corrected chi connectivity index (χ1v) is 8.11. The monoisotopic (exact) mass is 344 g/mol. The predicted molar refractivity (Wildman–Crippen MR) is 84.9 cm³/mol. The van der Waals surface area contributed by atoms with Gasteiger partial charge in [-0.25, -0.2) is 0 Å². The normalized spacial score (nSPS) is 29.2. The van der Waals surface area contributed by atoms with Crippen molar-refractivity contribution in [1.82, 2.24) is 5.43 Å². The van der Waals surface area contributed by atoms with E-state index in [0.29, 0.717) is 5.92 Å². The van der Waals surface area contributed by atoms with Crippen molar-refractivity contribution in [3.8, 4) is 0 Å². The molecular formula is C15H22BrClN2. The Morgan fingerprint density at radius 2 is 2.05 bits per heavy atom. The molecule has 0 radical (unpaired) electrons. The summed E-state index contributed by atoms with van der Waals surface area (Å²) >= 11 is 9.73. The summed E-state index contributed by atoms with van der Waals surface area (Å²) in [6.45, 7) is 4.69. The first-order chi connectivity index (χ1) is 9.02. The minimum atomic E-state index is 0.169.